The molecular formula is C19H22F2N4O2S. The average Bonchev–Trinajstić information content (AvgIpc) is 2.66. The molecular weight excluding hydrogens is 386 g/mol. The number of anilines is 2. The van der Waals surface area contributed by atoms with Gasteiger partial charge in [0, 0.05) is 37.8 Å². The van der Waals surface area contributed by atoms with E-state index in [2.05, 4.69) is 16.0 Å². The van der Waals surface area contributed by atoms with E-state index in [-0.39, 0.29) is 18.5 Å². The van der Waals surface area contributed by atoms with Crippen LogP contribution in [0.1, 0.15) is 10.4 Å². The fourth-order valence-electron chi connectivity index (χ4n) is 2.26. The lowest BCUT2D eigenvalue weighted by Crippen LogP contribution is -2.39. The van der Waals surface area contributed by atoms with Gasteiger partial charge in [-0.3, -0.25) is 4.79 Å². The Morgan fingerprint density at radius 1 is 1.00 bits per heavy atom. The summed E-state index contributed by atoms with van der Waals surface area (Å²) in [5.74, 6) is -2.75. The van der Waals surface area contributed by atoms with E-state index in [4.69, 9.17) is 0 Å². The van der Waals surface area contributed by atoms with Gasteiger partial charge in [0.25, 0.3) is 11.7 Å². The van der Waals surface area contributed by atoms with Gasteiger partial charge in [0.1, 0.15) is 0 Å². The number of halogens is 2. The zero-order valence-electron chi connectivity index (χ0n) is 15.5. The average molecular weight is 408 g/mol. The number of hydrogen-bond donors (Lipinski definition) is 3. The monoisotopic (exact) mass is 408 g/mol. The summed E-state index contributed by atoms with van der Waals surface area (Å²) in [6, 6.07) is 13.3. The zero-order valence-corrected chi connectivity index (χ0v) is 16.4. The molecule has 0 atom stereocenters. The minimum Gasteiger partial charge on any atom is -0.355 e. The molecule has 3 amide bonds. The fourth-order valence-corrected chi connectivity index (χ4v) is 2.76. The second-order valence-electron chi connectivity index (χ2n) is 5.96. The van der Waals surface area contributed by atoms with Crippen LogP contribution in [-0.2, 0) is 0 Å². The molecule has 0 aliphatic rings. The third kappa shape index (κ3) is 6.73. The molecule has 0 saturated carbocycles. The van der Waals surface area contributed by atoms with Gasteiger partial charge in [-0.2, -0.15) is 8.78 Å². The summed E-state index contributed by atoms with van der Waals surface area (Å²) in [5.41, 5.74) is 1.70. The fraction of sp³-hybridized carbons (Fsp3) is 0.263. The van der Waals surface area contributed by atoms with Crippen LogP contribution in [0.2, 0.25) is 0 Å². The lowest BCUT2D eigenvalue weighted by molar-refractivity contribution is 0.0954. The molecule has 28 heavy (non-hydrogen) atoms. The molecule has 0 aliphatic carbocycles. The molecule has 150 valence electrons. The van der Waals surface area contributed by atoms with Gasteiger partial charge in [0.15, 0.2) is 0 Å². The third-order valence-corrected chi connectivity index (χ3v) is 4.35. The Labute approximate surface area is 166 Å². The first-order valence-electron chi connectivity index (χ1n) is 8.51. The van der Waals surface area contributed by atoms with Crippen molar-refractivity contribution >= 4 is 35.1 Å². The van der Waals surface area contributed by atoms with Gasteiger partial charge in [-0.05, 0) is 36.4 Å². The van der Waals surface area contributed by atoms with Crippen LogP contribution >= 0.6 is 11.8 Å². The van der Waals surface area contributed by atoms with Crippen LogP contribution in [0.15, 0.2) is 53.4 Å². The van der Waals surface area contributed by atoms with Crippen LogP contribution < -0.4 is 16.0 Å². The maximum absolute atomic E-state index is 12.4. The molecule has 0 unspecified atom stereocenters. The summed E-state index contributed by atoms with van der Waals surface area (Å²) in [6.45, 7) is 0.591. The third-order valence-electron chi connectivity index (χ3n) is 3.62. The molecule has 0 radical (unpaired) electrons. The molecule has 0 spiro atoms. The quantitative estimate of drug-likeness (QED) is 0.460. The second-order valence-corrected chi connectivity index (χ2v) is 7.02. The van der Waals surface area contributed by atoms with Gasteiger partial charge in [0.2, 0.25) is 0 Å². The maximum Gasteiger partial charge on any atom is 0.316 e. The predicted molar refractivity (Wildman–Crippen MR) is 107 cm³/mol. The van der Waals surface area contributed by atoms with Gasteiger partial charge >= 0.3 is 6.03 Å². The van der Waals surface area contributed by atoms with Gasteiger partial charge in [-0.15, -0.1) is 0 Å². The minimum absolute atomic E-state index is 0.232. The Kier molecular flexibility index (Phi) is 8.06. The highest BCUT2D eigenvalue weighted by Gasteiger charge is 2.11. The van der Waals surface area contributed by atoms with E-state index < -0.39 is 5.76 Å². The molecule has 2 rings (SSSR count). The lowest BCUT2D eigenvalue weighted by Gasteiger charge is -2.14. The summed E-state index contributed by atoms with van der Waals surface area (Å²) in [6.07, 6.45) is 0. The van der Waals surface area contributed by atoms with Crippen molar-refractivity contribution in [1.82, 2.24) is 15.5 Å². The SMILES string of the molecule is CN(C)C(=O)NCCNC(=O)c1ccccc1Nc1ccc(SC(F)F)cc1. The smallest absolute Gasteiger partial charge is 0.316 e. The molecule has 0 aromatic heterocycles. The largest absolute Gasteiger partial charge is 0.355 e. The van der Waals surface area contributed by atoms with E-state index in [1.54, 1.807) is 62.6 Å². The number of nitrogens with one attached hydrogen (secondary N) is 3. The Bertz CT molecular complexity index is 801. The van der Waals surface area contributed by atoms with Crippen molar-refractivity contribution in [2.24, 2.45) is 0 Å². The van der Waals surface area contributed by atoms with Crippen molar-refractivity contribution in [3.05, 3.63) is 54.1 Å². The molecule has 0 fully saturated rings. The van der Waals surface area contributed by atoms with Crippen LogP contribution in [0.4, 0.5) is 25.0 Å². The number of urea groups is 1. The Balaban J connectivity index is 1.96. The second kappa shape index (κ2) is 10.5. The number of benzene rings is 2. The number of hydrogen-bond acceptors (Lipinski definition) is 4. The number of carbonyl (C=O) groups is 2. The molecule has 2 aromatic carbocycles. The van der Waals surface area contributed by atoms with Gasteiger partial charge in [0.05, 0.1) is 11.3 Å². The van der Waals surface area contributed by atoms with Crippen LogP contribution in [0, 0.1) is 0 Å². The zero-order chi connectivity index (χ0) is 20.5. The van der Waals surface area contributed by atoms with Crippen molar-refractivity contribution in [2.75, 3.05) is 32.5 Å². The predicted octanol–water partition coefficient (Wildman–Crippen LogP) is 3.75. The highest BCUT2D eigenvalue weighted by atomic mass is 32.2. The van der Waals surface area contributed by atoms with Crippen LogP contribution in [0.3, 0.4) is 0 Å². The number of rotatable bonds is 8. The van der Waals surface area contributed by atoms with Crippen molar-refractivity contribution in [3.63, 3.8) is 0 Å². The van der Waals surface area contributed by atoms with E-state index in [9.17, 15) is 18.4 Å². The van der Waals surface area contributed by atoms with E-state index in [0.717, 1.165) is 0 Å². The lowest BCUT2D eigenvalue weighted by atomic mass is 10.1. The molecule has 2 aromatic rings. The van der Waals surface area contributed by atoms with E-state index in [1.807, 2.05) is 0 Å². The van der Waals surface area contributed by atoms with Crippen LogP contribution in [0.5, 0.6) is 0 Å². The summed E-state index contributed by atoms with van der Waals surface area (Å²) < 4.78 is 24.8. The number of alkyl halides is 2. The molecule has 0 aliphatic heterocycles. The Hall–Kier alpha value is -2.81. The van der Waals surface area contributed by atoms with Crippen molar-refractivity contribution in [2.45, 2.75) is 10.7 Å². The van der Waals surface area contributed by atoms with Crippen molar-refractivity contribution < 1.29 is 18.4 Å². The molecule has 0 bridgehead atoms. The number of thioether (sulfide) groups is 1. The molecule has 9 heteroatoms. The Morgan fingerprint density at radius 3 is 2.29 bits per heavy atom. The summed E-state index contributed by atoms with van der Waals surface area (Å²) in [7, 11) is 3.27. The highest BCUT2D eigenvalue weighted by Crippen LogP contribution is 2.27. The van der Waals surface area contributed by atoms with Gasteiger partial charge in [-0.25, -0.2) is 4.79 Å². The maximum atomic E-state index is 12.4. The number of para-hydroxylation sites is 1. The van der Waals surface area contributed by atoms with Crippen molar-refractivity contribution in [1.29, 1.82) is 0 Å². The first-order chi connectivity index (χ1) is 13.4. The van der Waals surface area contributed by atoms with E-state index >= 15 is 0 Å². The molecule has 6 nitrogen and oxygen atoms in total. The normalized spacial score (nSPS) is 10.5. The summed E-state index contributed by atoms with van der Waals surface area (Å²) >= 11 is 0.478. The van der Waals surface area contributed by atoms with Gasteiger partial charge in [-0.1, -0.05) is 23.9 Å². The van der Waals surface area contributed by atoms with Crippen molar-refractivity contribution in [3.8, 4) is 0 Å². The van der Waals surface area contributed by atoms with E-state index in [1.165, 1.54) is 4.90 Å². The molecule has 0 saturated heterocycles. The van der Waals surface area contributed by atoms with Crippen LogP contribution in [0.25, 0.3) is 0 Å². The van der Waals surface area contributed by atoms with Gasteiger partial charge < -0.3 is 20.9 Å². The topological polar surface area (TPSA) is 73.5 Å². The minimum atomic E-state index is -2.47. The van der Waals surface area contributed by atoms with E-state index in [0.29, 0.717) is 40.1 Å². The summed E-state index contributed by atoms with van der Waals surface area (Å²) in [4.78, 5) is 25.8. The Morgan fingerprint density at radius 2 is 1.64 bits per heavy atom. The molecule has 0 heterocycles. The first-order valence-corrected chi connectivity index (χ1v) is 9.39. The summed E-state index contributed by atoms with van der Waals surface area (Å²) in [5, 5.41) is 8.54. The number of nitrogens with zero attached hydrogens (tertiary/aromatic N) is 1. The highest BCUT2D eigenvalue weighted by molar-refractivity contribution is 7.99. The number of carbonyl (C=O) groups excluding carboxylic acids is 2. The molecule has 3 N–H and O–H groups in total. The van der Waals surface area contributed by atoms with Crippen LogP contribution in [-0.4, -0.2) is 49.8 Å². The number of amides is 3. The first kappa shape index (κ1) is 21.5. The standard InChI is InChI=1S/C19H22F2N4O2S/c1-25(2)19(27)23-12-11-22-17(26)15-5-3-4-6-16(15)24-13-7-9-14(10-8-13)28-18(20)21/h3-10,18,24H,11-12H2,1-2H3,(H,22,26)(H,23,27).